The van der Waals surface area contributed by atoms with Gasteiger partial charge in [-0.05, 0) is 0 Å². The number of ether oxygens (including phenoxy) is 16. The summed E-state index contributed by atoms with van der Waals surface area (Å²) in [5, 5.41) is 21.6. The zero-order chi connectivity index (χ0) is 61.4. The number of rotatable bonds is 23. The molecule has 0 aromatic rings. The van der Waals surface area contributed by atoms with E-state index < -0.39 is 220 Å². The van der Waals surface area contributed by atoms with Crippen LogP contribution in [0.1, 0.15) is 83.1 Å². The summed E-state index contributed by atoms with van der Waals surface area (Å²) in [5.41, 5.74) is 0. The number of hydrogen-bond acceptors (Lipinski definition) is 29. The normalized spacial score (nSPS) is 33.3. The quantitative estimate of drug-likeness (QED) is 0.0481. The number of nitrogens with one attached hydrogen (secondary N) is 4. The van der Waals surface area contributed by atoms with Crippen molar-refractivity contribution in [2.75, 3.05) is 33.5 Å². The molecule has 0 spiro atoms. The summed E-state index contributed by atoms with van der Waals surface area (Å²) in [6, 6.07) is -6.53. The molecule has 0 aliphatic carbocycles. The molecule has 0 aromatic heterocycles. The van der Waals surface area contributed by atoms with Crippen LogP contribution >= 0.6 is 0 Å². The molecule has 462 valence electrons. The SMILES string of the molecule is CO[C@H]1OC(COC(C)=O)[C@H](OC2OC(COC(C)=O)C(O[C@H]3OC(COC(C)=O)[C@H](OC4OC(COC(C)=O)C(O)[C@H](OC(C)=O)[C@@H]4NC(C)=O)C(OC(C)=O)[C@H]3NC(C)=O)[C@H](OC(C)=O)[C@@H]2NC(C)=O)C(OC(C)=O)[C@H]1NC(C)=O. The largest absolute Gasteiger partial charge is 0.463 e. The van der Waals surface area contributed by atoms with Crippen molar-refractivity contribution in [2.45, 2.75) is 206 Å². The molecule has 4 rings (SSSR count). The van der Waals surface area contributed by atoms with Gasteiger partial charge in [-0.2, -0.15) is 0 Å². The monoisotopic (exact) mass is 1180 g/mol. The smallest absolute Gasteiger partial charge is 0.303 e. The fourth-order valence-corrected chi connectivity index (χ4v) is 9.35. The summed E-state index contributed by atoms with van der Waals surface area (Å²) in [4.78, 5) is 153. The maximum Gasteiger partial charge on any atom is 0.303 e. The molecule has 20 atom stereocenters. The van der Waals surface area contributed by atoms with E-state index in [0.717, 1.165) is 83.1 Å². The summed E-state index contributed by atoms with van der Waals surface area (Å²) < 4.78 is 94.3. The lowest BCUT2D eigenvalue weighted by Crippen LogP contribution is -2.72. The maximum absolute atomic E-state index is 13.3. The Kier molecular flexibility index (Phi) is 25.7. The molecule has 33 nitrogen and oxygen atoms in total. The molecule has 4 amide bonds. The Hall–Kier alpha value is -6.72. The van der Waals surface area contributed by atoms with Crippen molar-refractivity contribution >= 4 is 71.4 Å². The van der Waals surface area contributed by atoms with E-state index in [2.05, 4.69) is 21.3 Å². The van der Waals surface area contributed by atoms with Crippen molar-refractivity contribution in [1.29, 1.82) is 0 Å². The first-order valence-electron chi connectivity index (χ1n) is 25.5. The van der Waals surface area contributed by atoms with Crippen LogP contribution in [0.25, 0.3) is 0 Å². The first-order chi connectivity index (χ1) is 38.4. The number of carbonyl (C=O) groups is 12. The minimum Gasteiger partial charge on any atom is -0.463 e. The Labute approximate surface area is 469 Å². The van der Waals surface area contributed by atoms with Gasteiger partial charge in [0.15, 0.2) is 49.6 Å². The lowest BCUT2D eigenvalue weighted by atomic mass is 9.92. The van der Waals surface area contributed by atoms with Gasteiger partial charge in [0.1, 0.15) is 99.4 Å². The Morgan fingerprint density at radius 3 is 0.817 bits per heavy atom. The highest BCUT2D eigenvalue weighted by molar-refractivity contribution is 5.75. The van der Waals surface area contributed by atoms with E-state index in [0.29, 0.717) is 0 Å². The average Bonchev–Trinajstić information content (AvgIpc) is 3.57. The Balaban J connectivity index is 1.96. The van der Waals surface area contributed by atoms with Gasteiger partial charge in [0.05, 0.1) is 0 Å². The van der Waals surface area contributed by atoms with Crippen molar-refractivity contribution < 1.29 is 138 Å². The highest BCUT2D eigenvalue weighted by Crippen LogP contribution is 2.38. The van der Waals surface area contributed by atoms with Gasteiger partial charge in [0, 0.05) is 90.2 Å². The lowest BCUT2D eigenvalue weighted by Gasteiger charge is -2.52. The summed E-state index contributed by atoms with van der Waals surface area (Å²) in [7, 11) is 1.20. The standard InChI is InChI=1S/C49H72N4O29/c1-18(54)50-34-42(72-26(9)62)38(66)30(14-68-22(5)58)76-47(34)80-40-32(16-70-24(7)60)78-49(36(52-20(3)56)44(40)74-28(11)64)82-41-33(17-71-25(8)61)79-48(37(53-21(4)57)45(41)75-29(12)65)81-39-31(15-69-23(6)59)77-46(67-13)35(51-19(2)55)43(39)73-27(10)63/h30-49,66H,14-17H2,1-13H3,(H,50,54)(H,51,55)(H,52,56)(H,53,57)/t30?,31?,32?,33?,34-,35+,36+,37-,38?,39-,40-,41?,42+,43?,44?,45+,46-,47?,48?,49+/m0/s1. The predicted octanol–water partition coefficient (Wildman–Crippen LogP) is -3.95. The molecule has 4 aliphatic rings. The van der Waals surface area contributed by atoms with Crippen LogP contribution in [0.5, 0.6) is 0 Å². The topological polar surface area (TPSA) is 421 Å². The van der Waals surface area contributed by atoms with E-state index in [1.807, 2.05) is 0 Å². The third-order valence-corrected chi connectivity index (χ3v) is 12.2. The van der Waals surface area contributed by atoms with Crippen LogP contribution in [-0.4, -0.2) is 233 Å². The third-order valence-electron chi connectivity index (χ3n) is 12.2. The first-order valence-corrected chi connectivity index (χ1v) is 25.5. The van der Waals surface area contributed by atoms with Crippen molar-refractivity contribution in [3.8, 4) is 0 Å². The Morgan fingerprint density at radius 1 is 0.329 bits per heavy atom. The number of methoxy groups -OCH3 is 1. The molecule has 0 radical (unpaired) electrons. The second-order valence-electron chi connectivity index (χ2n) is 19.1. The molecule has 0 saturated carbocycles. The van der Waals surface area contributed by atoms with Gasteiger partial charge in [-0.15, -0.1) is 0 Å². The summed E-state index contributed by atoms with van der Waals surface area (Å²) in [6.07, 6.45) is -27.9. The molecule has 0 aromatic carbocycles. The summed E-state index contributed by atoms with van der Waals surface area (Å²) in [6.45, 7) is 9.50. The zero-order valence-electron chi connectivity index (χ0n) is 47.3. The van der Waals surface area contributed by atoms with Gasteiger partial charge in [0.2, 0.25) is 23.6 Å². The highest BCUT2D eigenvalue weighted by Gasteiger charge is 2.60. The Morgan fingerprint density at radius 2 is 0.561 bits per heavy atom. The lowest BCUT2D eigenvalue weighted by molar-refractivity contribution is -0.363. The van der Waals surface area contributed by atoms with E-state index >= 15 is 0 Å². The van der Waals surface area contributed by atoms with Crippen LogP contribution in [0.2, 0.25) is 0 Å². The number of esters is 8. The summed E-state index contributed by atoms with van der Waals surface area (Å²) in [5.74, 6) is -10.5. The summed E-state index contributed by atoms with van der Waals surface area (Å²) >= 11 is 0. The predicted molar refractivity (Wildman–Crippen MR) is 261 cm³/mol. The molecule has 4 heterocycles. The second kappa shape index (κ2) is 31.1. The Bertz CT molecular complexity index is 2320. The van der Waals surface area contributed by atoms with Crippen molar-refractivity contribution in [3.05, 3.63) is 0 Å². The fraction of sp³-hybridized carbons (Fsp3) is 0.755. The zero-order valence-corrected chi connectivity index (χ0v) is 47.3. The van der Waals surface area contributed by atoms with E-state index in [9.17, 15) is 62.6 Å². The molecule has 5 N–H and O–H groups in total. The molecule has 4 saturated heterocycles. The molecule has 33 heteroatoms. The third kappa shape index (κ3) is 19.7. The van der Waals surface area contributed by atoms with Gasteiger partial charge in [-0.3, -0.25) is 57.5 Å². The first kappa shape index (κ1) is 67.8. The highest BCUT2D eigenvalue weighted by atomic mass is 16.8. The van der Waals surface area contributed by atoms with Crippen molar-refractivity contribution in [2.24, 2.45) is 0 Å². The van der Waals surface area contributed by atoms with Crippen LogP contribution in [0.4, 0.5) is 0 Å². The fourth-order valence-electron chi connectivity index (χ4n) is 9.35. The number of aliphatic hydroxyl groups is 1. The molecule has 82 heavy (non-hydrogen) atoms. The molecular weight excluding hydrogens is 1110 g/mol. The number of carbonyl (C=O) groups excluding carboxylic acids is 12. The van der Waals surface area contributed by atoms with Crippen LogP contribution in [0.3, 0.4) is 0 Å². The van der Waals surface area contributed by atoms with Crippen LogP contribution in [0, 0.1) is 0 Å². The van der Waals surface area contributed by atoms with Crippen LogP contribution in [0.15, 0.2) is 0 Å². The molecule has 4 fully saturated rings. The second-order valence-corrected chi connectivity index (χ2v) is 19.1. The molecular formula is C49H72N4O29. The van der Waals surface area contributed by atoms with Gasteiger partial charge in [0.25, 0.3) is 0 Å². The van der Waals surface area contributed by atoms with Gasteiger partial charge in [-0.25, -0.2) is 0 Å². The minimum absolute atomic E-state index is 0.617. The molecule has 10 unspecified atom stereocenters. The van der Waals surface area contributed by atoms with Gasteiger partial charge >= 0.3 is 47.8 Å². The number of amides is 4. The number of hydrogen-bond donors (Lipinski definition) is 5. The van der Waals surface area contributed by atoms with Crippen LogP contribution in [-0.2, 0) is 133 Å². The van der Waals surface area contributed by atoms with Gasteiger partial charge < -0.3 is 102 Å². The van der Waals surface area contributed by atoms with E-state index in [-0.39, 0.29) is 0 Å². The van der Waals surface area contributed by atoms with Gasteiger partial charge in [-0.1, -0.05) is 0 Å². The molecule has 4 aliphatic heterocycles. The average molecular weight is 1180 g/mol. The van der Waals surface area contributed by atoms with Crippen molar-refractivity contribution in [1.82, 2.24) is 21.3 Å². The maximum atomic E-state index is 13.3. The van der Waals surface area contributed by atoms with E-state index in [4.69, 9.17) is 75.8 Å². The van der Waals surface area contributed by atoms with E-state index in [1.54, 1.807) is 0 Å². The van der Waals surface area contributed by atoms with E-state index in [1.165, 1.54) is 7.11 Å². The van der Waals surface area contributed by atoms with Crippen LogP contribution < -0.4 is 21.3 Å². The number of aliphatic hydroxyl groups excluding tert-OH is 1. The molecule has 0 bridgehead atoms. The minimum atomic E-state index is -2.01. The van der Waals surface area contributed by atoms with Crippen molar-refractivity contribution in [3.63, 3.8) is 0 Å².